The Morgan fingerprint density at radius 3 is 2.69 bits per heavy atom. The molecule has 1 saturated carbocycles. The molecule has 2 nitrogen and oxygen atoms in total. The minimum absolute atomic E-state index is 0.947. The van der Waals surface area contributed by atoms with Crippen LogP contribution in [-0.2, 0) is 6.54 Å². The molecule has 1 aliphatic carbocycles. The summed E-state index contributed by atoms with van der Waals surface area (Å²) in [6, 6.07) is 8.74. The SMILES string of the molecule is CCN(CC1CC1)c1ccccc1CNC. The second kappa shape index (κ2) is 5.35. The lowest BCUT2D eigenvalue weighted by atomic mass is 10.1. The summed E-state index contributed by atoms with van der Waals surface area (Å²) in [6.07, 6.45) is 2.84. The van der Waals surface area contributed by atoms with Crippen molar-refractivity contribution in [1.82, 2.24) is 5.32 Å². The molecule has 0 aromatic heterocycles. The molecule has 0 heterocycles. The van der Waals surface area contributed by atoms with Gasteiger partial charge in [0.2, 0.25) is 0 Å². The lowest BCUT2D eigenvalue weighted by Gasteiger charge is -2.25. The lowest BCUT2D eigenvalue weighted by molar-refractivity contribution is 0.730. The summed E-state index contributed by atoms with van der Waals surface area (Å²) in [5.41, 5.74) is 2.82. The van der Waals surface area contributed by atoms with Gasteiger partial charge in [-0.05, 0) is 44.4 Å². The summed E-state index contributed by atoms with van der Waals surface area (Å²) >= 11 is 0. The molecule has 16 heavy (non-hydrogen) atoms. The van der Waals surface area contributed by atoms with E-state index in [1.54, 1.807) is 0 Å². The number of hydrogen-bond donors (Lipinski definition) is 1. The summed E-state index contributed by atoms with van der Waals surface area (Å²) in [7, 11) is 2.01. The van der Waals surface area contributed by atoms with Crippen LogP contribution in [0, 0.1) is 5.92 Å². The van der Waals surface area contributed by atoms with Crippen molar-refractivity contribution in [2.75, 3.05) is 25.0 Å². The van der Waals surface area contributed by atoms with Crippen LogP contribution in [-0.4, -0.2) is 20.1 Å². The van der Waals surface area contributed by atoms with E-state index in [2.05, 4.69) is 41.4 Å². The van der Waals surface area contributed by atoms with Crippen molar-refractivity contribution in [1.29, 1.82) is 0 Å². The van der Waals surface area contributed by atoms with E-state index in [0.717, 1.165) is 19.0 Å². The number of nitrogens with zero attached hydrogens (tertiary/aromatic N) is 1. The van der Waals surface area contributed by atoms with E-state index in [-0.39, 0.29) is 0 Å². The molecule has 2 rings (SSSR count). The third kappa shape index (κ3) is 2.76. The molecular formula is C14H22N2. The van der Waals surface area contributed by atoms with Gasteiger partial charge in [0.05, 0.1) is 0 Å². The molecule has 0 spiro atoms. The quantitative estimate of drug-likeness (QED) is 0.789. The van der Waals surface area contributed by atoms with Crippen molar-refractivity contribution in [2.24, 2.45) is 5.92 Å². The molecule has 0 unspecified atom stereocenters. The van der Waals surface area contributed by atoms with E-state index in [9.17, 15) is 0 Å². The molecule has 1 aromatic rings. The van der Waals surface area contributed by atoms with Crippen molar-refractivity contribution in [2.45, 2.75) is 26.3 Å². The van der Waals surface area contributed by atoms with E-state index < -0.39 is 0 Å². The van der Waals surface area contributed by atoms with Crippen LogP contribution in [0.3, 0.4) is 0 Å². The Labute approximate surface area is 98.7 Å². The Kier molecular flexibility index (Phi) is 3.83. The van der Waals surface area contributed by atoms with Gasteiger partial charge in [-0.3, -0.25) is 0 Å². The summed E-state index contributed by atoms with van der Waals surface area (Å²) in [5.74, 6) is 0.947. The minimum Gasteiger partial charge on any atom is -0.371 e. The molecule has 0 amide bonds. The monoisotopic (exact) mass is 218 g/mol. The second-order valence-electron chi connectivity index (χ2n) is 4.64. The van der Waals surface area contributed by atoms with Crippen LogP contribution < -0.4 is 10.2 Å². The van der Waals surface area contributed by atoms with Crippen LogP contribution >= 0.6 is 0 Å². The van der Waals surface area contributed by atoms with E-state index >= 15 is 0 Å². The number of rotatable bonds is 6. The van der Waals surface area contributed by atoms with Gasteiger partial charge in [-0.15, -0.1) is 0 Å². The molecule has 1 N–H and O–H groups in total. The number of nitrogens with one attached hydrogen (secondary N) is 1. The fourth-order valence-corrected chi connectivity index (χ4v) is 2.17. The van der Waals surface area contributed by atoms with Crippen LogP contribution in [0.1, 0.15) is 25.3 Å². The van der Waals surface area contributed by atoms with Gasteiger partial charge in [0.1, 0.15) is 0 Å². The maximum absolute atomic E-state index is 3.25. The molecule has 0 aliphatic heterocycles. The fraction of sp³-hybridized carbons (Fsp3) is 0.571. The molecule has 88 valence electrons. The summed E-state index contributed by atoms with van der Waals surface area (Å²) in [5, 5.41) is 3.25. The van der Waals surface area contributed by atoms with Gasteiger partial charge in [-0.2, -0.15) is 0 Å². The normalized spacial score (nSPS) is 15.1. The standard InChI is InChI=1S/C14H22N2/c1-3-16(11-12-8-9-12)14-7-5-4-6-13(14)10-15-2/h4-7,12,15H,3,8-11H2,1-2H3. The molecule has 0 saturated heterocycles. The molecule has 2 heteroatoms. The Morgan fingerprint density at radius 2 is 2.06 bits per heavy atom. The minimum atomic E-state index is 0.947. The van der Waals surface area contributed by atoms with Crippen LogP contribution in [0.2, 0.25) is 0 Å². The van der Waals surface area contributed by atoms with Gasteiger partial charge < -0.3 is 10.2 Å². The smallest absolute Gasteiger partial charge is 0.0411 e. The predicted molar refractivity (Wildman–Crippen MR) is 69.8 cm³/mol. The lowest BCUT2D eigenvalue weighted by Crippen LogP contribution is -2.26. The van der Waals surface area contributed by atoms with Crippen LogP contribution in [0.25, 0.3) is 0 Å². The number of para-hydroxylation sites is 1. The summed E-state index contributed by atoms with van der Waals surface area (Å²) in [6.45, 7) is 5.55. The van der Waals surface area contributed by atoms with Crippen molar-refractivity contribution < 1.29 is 0 Å². The molecule has 0 radical (unpaired) electrons. The van der Waals surface area contributed by atoms with E-state index in [1.807, 2.05) is 7.05 Å². The third-order valence-electron chi connectivity index (χ3n) is 3.26. The first-order valence-electron chi connectivity index (χ1n) is 6.32. The fourth-order valence-electron chi connectivity index (χ4n) is 2.17. The van der Waals surface area contributed by atoms with E-state index in [4.69, 9.17) is 0 Å². The summed E-state index contributed by atoms with van der Waals surface area (Å²) in [4.78, 5) is 2.52. The first-order valence-corrected chi connectivity index (χ1v) is 6.32. The van der Waals surface area contributed by atoms with Crippen molar-refractivity contribution >= 4 is 5.69 Å². The maximum Gasteiger partial charge on any atom is 0.0411 e. The zero-order chi connectivity index (χ0) is 11.4. The molecule has 1 aromatic carbocycles. The molecule has 0 atom stereocenters. The maximum atomic E-state index is 3.25. The van der Waals surface area contributed by atoms with Gasteiger partial charge in [0.15, 0.2) is 0 Å². The topological polar surface area (TPSA) is 15.3 Å². The highest BCUT2D eigenvalue weighted by Gasteiger charge is 2.24. The number of anilines is 1. The summed E-state index contributed by atoms with van der Waals surface area (Å²) < 4.78 is 0. The first-order chi connectivity index (χ1) is 7.85. The van der Waals surface area contributed by atoms with Gasteiger partial charge >= 0.3 is 0 Å². The van der Waals surface area contributed by atoms with Crippen LogP contribution in [0.5, 0.6) is 0 Å². The third-order valence-corrected chi connectivity index (χ3v) is 3.26. The Bertz CT molecular complexity index is 331. The zero-order valence-corrected chi connectivity index (χ0v) is 10.4. The Hall–Kier alpha value is -1.02. The largest absolute Gasteiger partial charge is 0.371 e. The highest BCUT2D eigenvalue weighted by molar-refractivity contribution is 5.53. The van der Waals surface area contributed by atoms with Crippen LogP contribution in [0.4, 0.5) is 5.69 Å². The highest BCUT2D eigenvalue weighted by Crippen LogP contribution is 2.32. The molecule has 1 fully saturated rings. The zero-order valence-electron chi connectivity index (χ0n) is 10.4. The average Bonchev–Trinajstić information content (AvgIpc) is 3.11. The molecule has 0 bridgehead atoms. The number of benzene rings is 1. The van der Waals surface area contributed by atoms with Gasteiger partial charge in [-0.25, -0.2) is 0 Å². The van der Waals surface area contributed by atoms with E-state index in [1.165, 1.54) is 30.6 Å². The highest BCUT2D eigenvalue weighted by atomic mass is 15.1. The van der Waals surface area contributed by atoms with Gasteiger partial charge in [0.25, 0.3) is 0 Å². The van der Waals surface area contributed by atoms with Gasteiger partial charge in [-0.1, -0.05) is 18.2 Å². The Morgan fingerprint density at radius 1 is 1.31 bits per heavy atom. The second-order valence-corrected chi connectivity index (χ2v) is 4.64. The molecule has 1 aliphatic rings. The predicted octanol–water partition coefficient (Wildman–Crippen LogP) is 2.64. The first kappa shape index (κ1) is 11.5. The average molecular weight is 218 g/mol. The van der Waals surface area contributed by atoms with Gasteiger partial charge in [0, 0.05) is 25.3 Å². The van der Waals surface area contributed by atoms with E-state index in [0.29, 0.717) is 0 Å². The number of hydrogen-bond acceptors (Lipinski definition) is 2. The van der Waals surface area contributed by atoms with Crippen molar-refractivity contribution in [3.8, 4) is 0 Å². The molecular weight excluding hydrogens is 196 g/mol. The van der Waals surface area contributed by atoms with Crippen LogP contribution in [0.15, 0.2) is 24.3 Å². The van der Waals surface area contributed by atoms with Crippen molar-refractivity contribution in [3.05, 3.63) is 29.8 Å². The van der Waals surface area contributed by atoms with Crippen molar-refractivity contribution in [3.63, 3.8) is 0 Å². The Balaban J connectivity index is 2.14.